The van der Waals surface area contributed by atoms with Gasteiger partial charge in [-0.05, 0) is 60.5 Å². The molecule has 4 nitrogen and oxygen atoms in total. The normalized spacial score (nSPS) is 11.6. The number of aliphatic carboxylic acids is 1. The largest absolute Gasteiger partial charge is 0.478 e. The monoisotopic (exact) mass is 323 g/mol. The van der Waals surface area contributed by atoms with Crippen molar-refractivity contribution in [2.45, 2.75) is 26.4 Å². The molecule has 0 saturated heterocycles. The molecule has 0 aliphatic carbocycles. The number of hydrogen-bond donors (Lipinski definition) is 1. The number of aryl methyl sites for hydroxylation is 1. The molecule has 0 amide bonds. The minimum Gasteiger partial charge on any atom is -0.478 e. The highest BCUT2D eigenvalue weighted by molar-refractivity contribution is 9.10. The van der Waals surface area contributed by atoms with Crippen molar-refractivity contribution in [1.29, 1.82) is 0 Å². The third kappa shape index (κ3) is 2.56. The van der Waals surface area contributed by atoms with Crippen LogP contribution in [0.5, 0.6) is 5.75 Å². The molecule has 0 atom stereocenters. The molecular weight excluding hydrogens is 310 g/mol. The van der Waals surface area contributed by atoms with E-state index in [0.717, 1.165) is 20.9 Å². The summed E-state index contributed by atoms with van der Waals surface area (Å²) in [7, 11) is 0. The van der Waals surface area contributed by atoms with Gasteiger partial charge in [0, 0.05) is 11.6 Å². The van der Waals surface area contributed by atoms with Crippen LogP contribution in [0.1, 0.15) is 19.4 Å². The van der Waals surface area contributed by atoms with Crippen molar-refractivity contribution in [3.63, 3.8) is 0 Å². The second-order valence-electron chi connectivity index (χ2n) is 4.82. The van der Waals surface area contributed by atoms with E-state index in [0.29, 0.717) is 5.75 Å². The Hall–Kier alpha value is -1.62. The Morgan fingerprint density at radius 2 is 2.05 bits per heavy atom. The molecule has 0 unspecified atom stereocenters. The van der Waals surface area contributed by atoms with Crippen LogP contribution >= 0.6 is 15.9 Å². The van der Waals surface area contributed by atoms with E-state index < -0.39 is 11.6 Å². The highest BCUT2D eigenvalue weighted by atomic mass is 79.9. The van der Waals surface area contributed by atoms with Crippen LogP contribution < -0.4 is 4.74 Å². The molecular formula is C14H14BrNO3. The van der Waals surface area contributed by atoms with E-state index >= 15 is 0 Å². The third-order valence-electron chi connectivity index (χ3n) is 2.90. The van der Waals surface area contributed by atoms with E-state index in [1.807, 2.05) is 19.1 Å². The predicted octanol–water partition coefficient (Wildman–Crippen LogP) is 3.55. The van der Waals surface area contributed by atoms with Crippen molar-refractivity contribution < 1.29 is 14.6 Å². The van der Waals surface area contributed by atoms with Crippen LogP contribution in [0.4, 0.5) is 0 Å². The lowest BCUT2D eigenvalue weighted by Gasteiger charge is -2.22. The molecule has 0 radical (unpaired) electrons. The van der Waals surface area contributed by atoms with Gasteiger partial charge in [0.15, 0.2) is 5.60 Å². The Kier molecular flexibility index (Phi) is 3.49. The van der Waals surface area contributed by atoms with Gasteiger partial charge in [-0.25, -0.2) is 4.79 Å². The van der Waals surface area contributed by atoms with Gasteiger partial charge in [-0.2, -0.15) is 0 Å². The van der Waals surface area contributed by atoms with Gasteiger partial charge in [-0.1, -0.05) is 0 Å². The zero-order valence-electron chi connectivity index (χ0n) is 10.9. The minimum atomic E-state index is -1.29. The van der Waals surface area contributed by atoms with Crippen molar-refractivity contribution in [3.05, 3.63) is 34.4 Å². The van der Waals surface area contributed by atoms with E-state index in [1.165, 1.54) is 13.8 Å². The summed E-state index contributed by atoms with van der Waals surface area (Å²) in [6.07, 6.45) is 1.74. The number of carboxylic acids is 1. The molecule has 0 spiro atoms. The number of hydrogen-bond acceptors (Lipinski definition) is 3. The van der Waals surface area contributed by atoms with E-state index in [1.54, 1.807) is 12.3 Å². The lowest BCUT2D eigenvalue weighted by Crippen LogP contribution is -2.37. The molecule has 0 aliphatic rings. The number of halogens is 1. The molecule has 100 valence electrons. The number of pyridine rings is 1. The lowest BCUT2D eigenvalue weighted by atomic mass is 10.1. The molecule has 0 aliphatic heterocycles. The first-order chi connectivity index (χ1) is 8.83. The average Bonchev–Trinajstić information content (AvgIpc) is 2.32. The highest BCUT2D eigenvalue weighted by Gasteiger charge is 2.30. The predicted molar refractivity (Wildman–Crippen MR) is 76.5 cm³/mol. The van der Waals surface area contributed by atoms with Crippen molar-refractivity contribution >= 4 is 32.8 Å². The van der Waals surface area contributed by atoms with Crippen LogP contribution in [-0.2, 0) is 4.79 Å². The Morgan fingerprint density at radius 1 is 1.37 bits per heavy atom. The summed E-state index contributed by atoms with van der Waals surface area (Å²) in [5.41, 5.74) is 0.606. The molecule has 2 aromatic rings. The molecule has 5 heteroatoms. The first-order valence-electron chi connectivity index (χ1n) is 5.79. The second-order valence-corrected chi connectivity index (χ2v) is 5.61. The zero-order valence-corrected chi connectivity index (χ0v) is 12.5. The number of ether oxygens (including phenoxy) is 1. The highest BCUT2D eigenvalue weighted by Crippen LogP contribution is 2.35. The Balaban J connectivity index is 2.55. The second kappa shape index (κ2) is 4.81. The number of carboxylic acid groups (broad SMARTS) is 1. The van der Waals surface area contributed by atoms with Gasteiger partial charge >= 0.3 is 5.97 Å². The Bertz CT molecular complexity index is 652. The molecule has 1 heterocycles. The summed E-state index contributed by atoms with van der Waals surface area (Å²) >= 11 is 3.48. The lowest BCUT2D eigenvalue weighted by molar-refractivity contribution is -0.152. The van der Waals surface area contributed by atoms with E-state index in [9.17, 15) is 4.79 Å². The molecule has 1 aromatic heterocycles. The average molecular weight is 324 g/mol. The first kappa shape index (κ1) is 13.8. The molecule has 19 heavy (non-hydrogen) atoms. The quantitative estimate of drug-likeness (QED) is 0.938. The number of aromatic nitrogens is 1. The van der Waals surface area contributed by atoms with Crippen molar-refractivity contribution in [1.82, 2.24) is 4.98 Å². The maximum Gasteiger partial charge on any atom is 0.347 e. The minimum absolute atomic E-state index is 0.496. The van der Waals surface area contributed by atoms with Crippen LogP contribution in [-0.4, -0.2) is 21.7 Å². The summed E-state index contributed by atoms with van der Waals surface area (Å²) < 4.78 is 6.31. The number of benzene rings is 1. The van der Waals surface area contributed by atoms with Gasteiger partial charge in [0.2, 0.25) is 0 Å². The van der Waals surface area contributed by atoms with Gasteiger partial charge in [0.1, 0.15) is 5.75 Å². The van der Waals surface area contributed by atoms with Gasteiger partial charge in [-0.3, -0.25) is 4.98 Å². The van der Waals surface area contributed by atoms with Gasteiger partial charge in [-0.15, -0.1) is 0 Å². The van der Waals surface area contributed by atoms with E-state index in [2.05, 4.69) is 20.9 Å². The van der Waals surface area contributed by atoms with Gasteiger partial charge < -0.3 is 9.84 Å². The number of rotatable bonds is 3. The standard InChI is InChI=1S/C14H14BrNO3/c1-8-6-7-16-9-4-5-10(12(15)11(8)9)19-14(2,3)13(17)18/h4-7H,1-3H3,(H,17,18). The molecule has 1 aromatic carbocycles. The van der Waals surface area contributed by atoms with Crippen LogP contribution in [0, 0.1) is 6.92 Å². The first-order valence-corrected chi connectivity index (χ1v) is 6.58. The number of nitrogens with zero attached hydrogens (tertiary/aromatic N) is 1. The Morgan fingerprint density at radius 3 is 2.68 bits per heavy atom. The summed E-state index contributed by atoms with van der Waals surface area (Å²) in [6, 6.07) is 5.45. The van der Waals surface area contributed by atoms with Crippen LogP contribution in [0.2, 0.25) is 0 Å². The summed E-state index contributed by atoms with van der Waals surface area (Å²) in [5, 5.41) is 10.0. The van der Waals surface area contributed by atoms with Crippen LogP contribution in [0.25, 0.3) is 10.9 Å². The molecule has 0 fully saturated rings. The van der Waals surface area contributed by atoms with Crippen molar-refractivity contribution in [3.8, 4) is 5.75 Å². The number of fused-ring (bicyclic) bond motifs is 1. The van der Waals surface area contributed by atoms with E-state index in [-0.39, 0.29) is 0 Å². The van der Waals surface area contributed by atoms with Gasteiger partial charge in [0.25, 0.3) is 0 Å². The Labute approximate surface area is 119 Å². The fourth-order valence-corrected chi connectivity index (χ4v) is 2.47. The van der Waals surface area contributed by atoms with Gasteiger partial charge in [0.05, 0.1) is 9.99 Å². The zero-order chi connectivity index (χ0) is 14.2. The molecule has 0 saturated carbocycles. The molecule has 1 N–H and O–H groups in total. The summed E-state index contributed by atoms with van der Waals surface area (Å²) in [5.74, 6) is -0.515. The molecule has 0 bridgehead atoms. The van der Waals surface area contributed by atoms with Crippen LogP contribution in [0.15, 0.2) is 28.9 Å². The summed E-state index contributed by atoms with van der Waals surface area (Å²) in [6.45, 7) is 5.00. The third-order valence-corrected chi connectivity index (χ3v) is 3.68. The van der Waals surface area contributed by atoms with Crippen LogP contribution in [0.3, 0.4) is 0 Å². The fourth-order valence-electron chi connectivity index (χ4n) is 1.74. The SMILES string of the molecule is Cc1ccnc2ccc(OC(C)(C)C(=O)O)c(Br)c12. The van der Waals surface area contributed by atoms with E-state index in [4.69, 9.17) is 9.84 Å². The number of carbonyl (C=O) groups is 1. The fraction of sp³-hybridized carbons (Fsp3) is 0.286. The summed E-state index contributed by atoms with van der Waals surface area (Å²) in [4.78, 5) is 15.4. The maximum absolute atomic E-state index is 11.1. The maximum atomic E-state index is 11.1. The molecule has 2 rings (SSSR count). The topological polar surface area (TPSA) is 59.4 Å². The smallest absolute Gasteiger partial charge is 0.347 e. The van der Waals surface area contributed by atoms with Crippen molar-refractivity contribution in [2.75, 3.05) is 0 Å². The van der Waals surface area contributed by atoms with Crippen molar-refractivity contribution in [2.24, 2.45) is 0 Å².